The third kappa shape index (κ3) is 6.92. The topological polar surface area (TPSA) is 106 Å². The molecule has 1 unspecified atom stereocenters. The highest BCUT2D eigenvalue weighted by atomic mass is 16.6. The Kier molecular flexibility index (Phi) is 7.20. The molecule has 150 valence electrons. The number of anilines is 1. The Balaban J connectivity index is 1.77. The van der Waals surface area contributed by atoms with Crippen LogP contribution in [0, 0.1) is 5.92 Å². The fourth-order valence-corrected chi connectivity index (χ4v) is 2.78. The molecule has 1 atom stereocenters. The first-order valence-corrected chi connectivity index (χ1v) is 9.15. The second kappa shape index (κ2) is 9.38. The summed E-state index contributed by atoms with van der Waals surface area (Å²) in [5, 5.41) is 5.49. The van der Waals surface area contributed by atoms with Gasteiger partial charge in [-0.05, 0) is 33.6 Å². The van der Waals surface area contributed by atoms with Crippen molar-refractivity contribution < 1.29 is 19.1 Å². The maximum absolute atomic E-state index is 12.4. The number of rotatable bonds is 6. The van der Waals surface area contributed by atoms with Crippen molar-refractivity contribution >= 4 is 17.9 Å². The van der Waals surface area contributed by atoms with Gasteiger partial charge in [-0.2, -0.15) is 4.98 Å². The van der Waals surface area contributed by atoms with Gasteiger partial charge in [0.15, 0.2) is 0 Å². The zero-order valence-electron chi connectivity index (χ0n) is 16.4. The molecule has 9 heteroatoms. The maximum Gasteiger partial charge on any atom is 0.407 e. The summed E-state index contributed by atoms with van der Waals surface area (Å²) in [6.07, 6.45) is 2.85. The van der Waals surface area contributed by atoms with Crippen LogP contribution in [0.2, 0.25) is 0 Å². The fourth-order valence-electron chi connectivity index (χ4n) is 2.78. The van der Waals surface area contributed by atoms with Gasteiger partial charge in [-0.3, -0.25) is 4.79 Å². The summed E-state index contributed by atoms with van der Waals surface area (Å²) in [5.41, 5.74) is -0.541. The highest BCUT2D eigenvalue weighted by molar-refractivity contribution is 5.79. The lowest BCUT2D eigenvalue weighted by atomic mass is 9.97. The number of ether oxygens (including phenoxy) is 2. The highest BCUT2D eigenvalue weighted by Crippen LogP contribution is 2.21. The summed E-state index contributed by atoms with van der Waals surface area (Å²) in [5.74, 6) is 0.891. The molecule has 9 nitrogen and oxygen atoms in total. The number of alkyl carbamates (subject to hydrolysis) is 1. The Labute approximate surface area is 159 Å². The Morgan fingerprint density at radius 2 is 2.04 bits per heavy atom. The van der Waals surface area contributed by atoms with Crippen LogP contribution < -0.4 is 20.3 Å². The van der Waals surface area contributed by atoms with Crippen LogP contribution in [0.4, 0.5) is 10.7 Å². The number of piperidine rings is 1. The molecule has 0 bridgehead atoms. The summed E-state index contributed by atoms with van der Waals surface area (Å²) in [7, 11) is 1.56. The van der Waals surface area contributed by atoms with Gasteiger partial charge in [-0.1, -0.05) is 0 Å². The molecule has 2 heterocycles. The smallest absolute Gasteiger partial charge is 0.407 e. The van der Waals surface area contributed by atoms with Crippen LogP contribution in [0.3, 0.4) is 0 Å². The van der Waals surface area contributed by atoms with Crippen molar-refractivity contribution in [3.63, 3.8) is 0 Å². The number of hydrogen-bond donors (Lipinski definition) is 2. The van der Waals surface area contributed by atoms with Crippen LogP contribution in [-0.2, 0) is 9.53 Å². The van der Waals surface area contributed by atoms with Gasteiger partial charge >= 0.3 is 6.09 Å². The highest BCUT2D eigenvalue weighted by Gasteiger charge is 2.27. The standard InChI is InChI=1S/C18H29N5O4/c1-18(2,3)27-17(25)21-10-9-19-15(24)13-6-5-11-23(12-13)16-20-8-7-14(22-16)26-4/h7-8,13H,5-6,9-12H2,1-4H3,(H,19,24)(H,21,25). The molecule has 0 saturated carbocycles. The zero-order valence-corrected chi connectivity index (χ0v) is 16.4. The maximum atomic E-state index is 12.4. The van der Waals surface area contributed by atoms with Crippen LogP contribution >= 0.6 is 0 Å². The van der Waals surface area contributed by atoms with E-state index < -0.39 is 11.7 Å². The van der Waals surface area contributed by atoms with Gasteiger partial charge in [-0.25, -0.2) is 9.78 Å². The van der Waals surface area contributed by atoms with E-state index in [4.69, 9.17) is 9.47 Å². The number of carbonyl (C=O) groups is 2. The molecule has 1 aliphatic heterocycles. The van der Waals surface area contributed by atoms with Crippen LogP contribution in [0.5, 0.6) is 5.88 Å². The van der Waals surface area contributed by atoms with Gasteiger partial charge in [0, 0.05) is 38.4 Å². The minimum Gasteiger partial charge on any atom is -0.481 e. The second-order valence-corrected chi connectivity index (χ2v) is 7.40. The van der Waals surface area contributed by atoms with E-state index in [2.05, 4.69) is 20.6 Å². The summed E-state index contributed by atoms with van der Waals surface area (Å²) in [4.78, 5) is 34.6. The van der Waals surface area contributed by atoms with Gasteiger partial charge in [0.05, 0.1) is 13.0 Å². The number of nitrogens with one attached hydrogen (secondary N) is 2. The lowest BCUT2D eigenvalue weighted by Crippen LogP contribution is -2.45. The Hall–Kier alpha value is -2.58. The van der Waals surface area contributed by atoms with E-state index in [0.29, 0.717) is 31.5 Å². The molecule has 0 radical (unpaired) electrons. The monoisotopic (exact) mass is 379 g/mol. The van der Waals surface area contributed by atoms with Crippen LogP contribution in [0.1, 0.15) is 33.6 Å². The van der Waals surface area contributed by atoms with E-state index in [0.717, 1.165) is 19.4 Å². The van der Waals surface area contributed by atoms with Gasteiger partial charge < -0.3 is 25.0 Å². The minimum absolute atomic E-state index is 0.0337. The van der Waals surface area contributed by atoms with E-state index in [1.807, 2.05) is 4.90 Å². The van der Waals surface area contributed by atoms with Gasteiger partial charge in [0.2, 0.25) is 17.7 Å². The average molecular weight is 379 g/mol. The summed E-state index contributed by atoms with van der Waals surface area (Å²) in [6.45, 7) is 7.43. The van der Waals surface area contributed by atoms with Crippen molar-refractivity contribution in [1.82, 2.24) is 20.6 Å². The zero-order chi connectivity index (χ0) is 19.9. The fraction of sp³-hybridized carbons (Fsp3) is 0.667. The third-order valence-corrected chi connectivity index (χ3v) is 3.99. The molecule has 2 amide bonds. The molecule has 0 aliphatic carbocycles. The molecular formula is C18H29N5O4. The number of carbonyl (C=O) groups excluding carboxylic acids is 2. The number of amides is 2. The average Bonchev–Trinajstić information content (AvgIpc) is 2.64. The first-order valence-electron chi connectivity index (χ1n) is 9.15. The minimum atomic E-state index is -0.541. The molecule has 2 N–H and O–H groups in total. The lowest BCUT2D eigenvalue weighted by molar-refractivity contribution is -0.125. The molecule has 1 aromatic rings. The third-order valence-electron chi connectivity index (χ3n) is 3.99. The molecular weight excluding hydrogens is 350 g/mol. The SMILES string of the molecule is COc1ccnc(N2CCCC(C(=O)NCCNC(=O)OC(C)(C)C)C2)n1. The van der Waals surface area contributed by atoms with Crippen LogP contribution in [0.25, 0.3) is 0 Å². The first-order chi connectivity index (χ1) is 12.8. The number of aromatic nitrogens is 2. The van der Waals surface area contributed by atoms with Crippen LogP contribution in [-0.4, -0.2) is 60.9 Å². The Bertz CT molecular complexity index is 647. The predicted molar refractivity (Wildman–Crippen MR) is 101 cm³/mol. The Morgan fingerprint density at radius 3 is 2.74 bits per heavy atom. The van der Waals surface area contributed by atoms with E-state index in [1.54, 1.807) is 40.1 Å². The van der Waals surface area contributed by atoms with Gasteiger partial charge in [0.1, 0.15) is 5.60 Å². The van der Waals surface area contributed by atoms with Crippen LogP contribution in [0.15, 0.2) is 12.3 Å². The molecule has 27 heavy (non-hydrogen) atoms. The van der Waals surface area contributed by atoms with Gasteiger partial charge in [0.25, 0.3) is 0 Å². The molecule has 0 spiro atoms. The molecule has 1 aromatic heterocycles. The quantitative estimate of drug-likeness (QED) is 0.719. The van der Waals surface area contributed by atoms with E-state index in [9.17, 15) is 9.59 Å². The number of hydrogen-bond acceptors (Lipinski definition) is 7. The molecule has 1 fully saturated rings. The molecule has 0 aromatic carbocycles. The van der Waals surface area contributed by atoms with Crippen molar-refractivity contribution in [1.29, 1.82) is 0 Å². The number of methoxy groups -OCH3 is 1. The Morgan fingerprint density at radius 1 is 1.30 bits per heavy atom. The normalized spacial score (nSPS) is 17.2. The molecule has 1 saturated heterocycles. The largest absolute Gasteiger partial charge is 0.481 e. The van der Waals surface area contributed by atoms with Gasteiger partial charge in [-0.15, -0.1) is 0 Å². The van der Waals surface area contributed by atoms with E-state index in [1.165, 1.54) is 0 Å². The van der Waals surface area contributed by atoms with Crippen molar-refractivity contribution in [3.8, 4) is 5.88 Å². The van der Waals surface area contributed by atoms with Crippen molar-refractivity contribution in [2.24, 2.45) is 5.92 Å². The van der Waals surface area contributed by atoms with Crippen molar-refractivity contribution in [3.05, 3.63) is 12.3 Å². The summed E-state index contributed by atoms with van der Waals surface area (Å²) >= 11 is 0. The summed E-state index contributed by atoms with van der Waals surface area (Å²) in [6, 6.07) is 1.69. The second-order valence-electron chi connectivity index (χ2n) is 7.40. The number of nitrogens with zero attached hydrogens (tertiary/aromatic N) is 3. The lowest BCUT2D eigenvalue weighted by Gasteiger charge is -2.32. The van der Waals surface area contributed by atoms with Crippen molar-refractivity contribution in [2.45, 2.75) is 39.2 Å². The first kappa shape index (κ1) is 20.7. The predicted octanol–water partition coefficient (Wildman–Crippen LogP) is 1.34. The molecule has 2 rings (SSSR count). The molecule has 1 aliphatic rings. The van der Waals surface area contributed by atoms with E-state index >= 15 is 0 Å². The summed E-state index contributed by atoms with van der Waals surface area (Å²) < 4.78 is 10.3. The van der Waals surface area contributed by atoms with E-state index in [-0.39, 0.29) is 11.8 Å². The van der Waals surface area contributed by atoms with Crippen molar-refractivity contribution in [2.75, 3.05) is 38.2 Å².